The predicted octanol–water partition coefficient (Wildman–Crippen LogP) is 3.96. The van der Waals surface area contributed by atoms with E-state index in [0.29, 0.717) is 12.1 Å². The first-order valence-electron chi connectivity index (χ1n) is 4.92. The molecule has 0 saturated carbocycles. The second-order valence-corrected chi connectivity index (χ2v) is 5.73. The van der Waals surface area contributed by atoms with E-state index in [4.69, 9.17) is 11.6 Å². The van der Waals surface area contributed by atoms with Gasteiger partial charge < -0.3 is 5.32 Å². The lowest BCUT2D eigenvalue weighted by atomic mass is 10.2. The summed E-state index contributed by atoms with van der Waals surface area (Å²) in [7, 11) is 0. The maximum Gasteiger partial charge on any atom is 0.252 e. The van der Waals surface area contributed by atoms with Crippen molar-refractivity contribution in [2.24, 2.45) is 0 Å². The molecule has 0 radical (unpaired) electrons. The lowest BCUT2D eigenvalue weighted by molar-refractivity contribution is 0.0952. The van der Waals surface area contributed by atoms with Crippen LogP contribution in [0.4, 0.5) is 0 Å². The molecule has 0 fully saturated rings. The monoisotopic (exact) mass is 367 g/mol. The number of carbonyl (C=O) groups is 1. The highest BCUT2D eigenvalue weighted by Gasteiger charge is 2.11. The van der Waals surface area contributed by atoms with Gasteiger partial charge in [-0.15, -0.1) is 11.6 Å². The van der Waals surface area contributed by atoms with Gasteiger partial charge in [0.1, 0.15) is 0 Å². The second-order valence-electron chi connectivity index (χ2n) is 3.34. The minimum absolute atomic E-state index is 0.0156. The molecule has 0 heterocycles. The molecule has 5 heteroatoms. The van der Waals surface area contributed by atoms with Crippen LogP contribution in [-0.2, 0) is 0 Å². The lowest BCUT2D eigenvalue weighted by Gasteiger charge is -2.09. The normalized spacial score (nSPS) is 12.2. The highest BCUT2D eigenvalue weighted by Crippen LogP contribution is 2.21. The Kier molecular flexibility index (Phi) is 5.79. The Morgan fingerprint density at radius 1 is 1.50 bits per heavy atom. The molecule has 1 N–H and O–H groups in total. The summed E-state index contributed by atoms with van der Waals surface area (Å²) in [6.07, 6.45) is 0.837. The first-order chi connectivity index (χ1) is 7.54. The number of halogens is 3. The Hall–Kier alpha value is -0.0600. The van der Waals surface area contributed by atoms with Gasteiger partial charge in [-0.25, -0.2) is 0 Å². The topological polar surface area (TPSA) is 29.1 Å². The third-order valence-electron chi connectivity index (χ3n) is 2.10. The molecule has 1 atom stereocenters. The zero-order valence-electron chi connectivity index (χ0n) is 8.77. The maximum atomic E-state index is 11.8. The molecule has 1 aromatic rings. The molecule has 16 heavy (non-hydrogen) atoms. The summed E-state index contributed by atoms with van der Waals surface area (Å²) in [5.74, 6) is -0.113. The standard InChI is InChI=1S/C11H12Br2ClNO/c1-2-8(14)6-15-11(16)9-4-3-7(12)5-10(9)13/h3-5,8H,2,6H2,1H3,(H,15,16). The van der Waals surface area contributed by atoms with E-state index in [1.54, 1.807) is 6.07 Å². The molecular formula is C11H12Br2ClNO. The van der Waals surface area contributed by atoms with Crippen LogP contribution in [0, 0.1) is 0 Å². The van der Waals surface area contributed by atoms with E-state index in [-0.39, 0.29) is 11.3 Å². The molecule has 2 nitrogen and oxygen atoms in total. The molecule has 0 aromatic heterocycles. The van der Waals surface area contributed by atoms with Crippen LogP contribution in [0.25, 0.3) is 0 Å². The van der Waals surface area contributed by atoms with E-state index in [0.717, 1.165) is 15.4 Å². The number of nitrogens with one attached hydrogen (secondary N) is 1. The fourth-order valence-electron chi connectivity index (χ4n) is 1.12. The van der Waals surface area contributed by atoms with E-state index < -0.39 is 0 Å². The summed E-state index contributed by atoms with van der Waals surface area (Å²) >= 11 is 12.6. The van der Waals surface area contributed by atoms with Crippen molar-refractivity contribution in [3.63, 3.8) is 0 Å². The van der Waals surface area contributed by atoms with Crippen LogP contribution in [0.3, 0.4) is 0 Å². The minimum Gasteiger partial charge on any atom is -0.351 e. The largest absolute Gasteiger partial charge is 0.351 e. The Bertz CT molecular complexity index is 384. The number of rotatable bonds is 4. The average Bonchev–Trinajstić information content (AvgIpc) is 2.25. The third-order valence-corrected chi connectivity index (χ3v) is 3.72. The molecule has 1 amide bonds. The van der Waals surface area contributed by atoms with Crippen LogP contribution < -0.4 is 5.32 Å². The summed E-state index contributed by atoms with van der Waals surface area (Å²) in [6.45, 7) is 2.47. The van der Waals surface area contributed by atoms with Gasteiger partial charge in [-0.2, -0.15) is 0 Å². The van der Waals surface area contributed by atoms with Crippen molar-refractivity contribution in [1.82, 2.24) is 5.32 Å². The van der Waals surface area contributed by atoms with Crippen LogP contribution in [0.1, 0.15) is 23.7 Å². The minimum atomic E-state index is -0.113. The molecule has 1 rings (SSSR count). The van der Waals surface area contributed by atoms with E-state index in [2.05, 4.69) is 37.2 Å². The fraction of sp³-hybridized carbons (Fsp3) is 0.364. The van der Waals surface area contributed by atoms with Gasteiger partial charge in [0.15, 0.2) is 0 Å². The second kappa shape index (κ2) is 6.62. The van der Waals surface area contributed by atoms with Gasteiger partial charge in [-0.05, 0) is 40.5 Å². The highest BCUT2D eigenvalue weighted by atomic mass is 79.9. The van der Waals surface area contributed by atoms with Gasteiger partial charge in [0.05, 0.1) is 10.9 Å². The SMILES string of the molecule is CCC(Cl)CNC(=O)c1ccc(Br)cc1Br. The molecular weight excluding hydrogens is 357 g/mol. The molecule has 0 aliphatic carbocycles. The summed E-state index contributed by atoms with van der Waals surface area (Å²) in [4.78, 5) is 11.8. The van der Waals surface area contributed by atoms with Crippen LogP contribution >= 0.6 is 43.5 Å². The Morgan fingerprint density at radius 2 is 2.19 bits per heavy atom. The van der Waals surface area contributed by atoms with E-state index in [9.17, 15) is 4.79 Å². The highest BCUT2D eigenvalue weighted by molar-refractivity contribution is 9.11. The number of amides is 1. The zero-order chi connectivity index (χ0) is 12.1. The summed E-state index contributed by atoms with van der Waals surface area (Å²) in [5.41, 5.74) is 0.614. The molecule has 1 aromatic carbocycles. The maximum absolute atomic E-state index is 11.8. The zero-order valence-corrected chi connectivity index (χ0v) is 12.7. The number of hydrogen-bond donors (Lipinski definition) is 1. The first-order valence-corrected chi connectivity index (χ1v) is 6.94. The van der Waals surface area contributed by atoms with Crippen molar-refractivity contribution < 1.29 is 4.79 Å². The Balaban J connectivity index is 2.66. The predicted molar refractivity (Wildman–Crippen MR) is 74.1 cm³/mol. The molecule has 0 aliphatic rings. The van der Waals surface area contributed by atoms with Gasteiger partial charge in [0, 0.05) is 15.5 Å². The molecule has 0 saturated heterocycles. The molecule has 0 bridgehead atoms. The first kappa shape index (κ1) is 14.0. The molecule has 0 spiro atoms. The quantitative estimate of drug-likeness (QED) is 0.800. The van der Waals surface area contributed by atoms with Crippen molar-refractivity contribution in [3.8, 4) is 0 Å². The Morgan fingerprint density at radius 3 is 2.75 bits per heavy atom. The lowest BCUT2D eigenvalue weighted by Crippen LogP contribution is -2.29. The van der Waals surface area contributed by atoms with Crippen LogP contribution in [0.15, 0.2) is 27.1 Å². The smallest absolute Gasteiger partial charge is 0.252 e. The van der Waals surface area contributed by atoms with Crippen molar-refractivity contribution >= 4 is 49.4 Å². The number of benzene rings is 1. The van der Waals surface area contributed by atoms with Gasteiger partial charge in [0.2, 0.25) is 0 Å². The van der Waals surface area contributed by atoms with Gasteiger partial charge >= 0.3 is 0 Å². The van der Waals surface area contributed by atoms with Crippen molar-refractivity contribution in [1.29, 1.82) is 0 Å². The van der Waals surface area contributed by atoms with Gasteiger partial charge in [-0.3, -0.25) is 4.79 Å². The third kappa shape index (κ3) is 4.07. The number of carbonyl (C=O) groups excluding carboxylic acids is 1. The van der Waals surface area contributed by atoms with Crippen LogP contribution in [-0.4, -0.2) is 17.8 Å². The summed E-state index contributed by atoms with van der Waals surface area (Å²) in [5, 5.41) is 2.78. The van der Waals surface area contributed by atoms with Crippen molar-refractivity contribution in [3.05, 3.63) is 32.7 Å². The summed E-state index contributed by atoms with van der Waals surface area (Å²) < 4.78 is 1.70. The molecule has 1 unspecified atom stereocenters. The van der Waals surface area contributed by atoms with E-state index in [1.807, 2.05) is 19.1 Å². The van der Waals surface area contributed by atoms with Crippen LogP contribution in [0.2, 0.25) is 0 Å². The summed E-state index contributed by atoms with van der Waals surface area (Å²) in [6, 6.07) is 5.43. The molecule has 0 aliphatic heterocycles. The van der Waals surface area contributed by atoms with Crippen molar-refractivity contribution in [2.75, 3.05) is 6.54 Å². The number of hydrogen-bond acceptors (Lipinski definition) is 1. The van der Waals surface area contributed by atoms with Gasteiger partial charge in [0.25, 0.3) is 5.91 Å². The average molecular weight is 369 g/mol. The van der Waals surface area contributed by atoms with Gasteiger partial charge in [-0.1, -0.05) is 22.9 Å². The number of alkyl halides is 1. The molecule has 88 valence electrons. The Labute approximate surface area is 117 Å². The van der Waals surface area contributed by atoms with E-state index >= 15 is 0 Å². The van der Waals surface area contributed by atoms with E-state index in [1.165, 1.54) is 0 Å². The van der Waals surface area contributed by atoms with Crippen LogP contribution in [0.5, 0.6) is 0 Å². The van der Waals surface area contributed by atoms with Crippen molar-refractivity contribution in [2.45, 2.75) is 18.7 Å². The fourth-order valence-corrected chi connectivity index (χ4v) is 2.42.